The van der Waals surface area contributed by atoms with Crippen molar-refractivity contribution in [2.24, 2.45) is 0 Å². The monoisotopic (exact) mass is 233 g/mol. The van der Waals surface area contributed by atoms with Gasteiger partial charge in [-0.3, -0.25) is 4.79 Å². The molecule has 1 amide bonds. The Morgan fingerprint density at radius 1 is 1.40 bits per heavy atom. The Morgan fingerprint density at radius 3 is 2.53 bits per heavy atom. The lowest BCUT2D eigenvalue weighted by Gasteiger charge is -2.07. The summed E-state index contributed by atoms with van der Waals surface area (Å²) in [6.07, 6.45) is 3.23. The number of esters is 1. The van der Waals surface area contributed by atoms with Crippen LogP contribution in [-0.4, -0.2) is 24.4 Å². The molecule has 0 aliphatic heterocycles. The zero-order chi connectivity index (χ0) is 11.7. The lowest BCUT2D eigenvalue weighted by atomic mass is 10.2. The van der Waals surface area contributed by atoms with Gasteiger partial charge in [-0.2, -0.15) is 0 Å². The van der Waals surface area contributed by atoms with Gasteiger partial charge in [0.05, 0.1) is 6.61 Å². The summed E-state index contributed by atoms with van der Waals surface area (Å²) in [4.78, 5) is 22.4. The van der Waals surface area contributed by atoms with Gasteiger partial charge in [-0.15, -0.1) is 11.6 Å². The van der Waals surface area contributed by atoms with Gasteiger partial charge in [0, 0.05) is 0 Å². The van der Waals surface area contributed by atoms with Crippen LogP contribution >= 0.6 is 11.6 Å². The minimum atomic E-state index is -0.524. The summed E-state index contributed by atoms with van der Waals surface area (Å²) < 4.78 is 4.78. The minimum Gasteiger partial charge on any atom is -0.461 e. The Hall–Kier alpha value is -1.03. The number of rotatable bonds is 6. The van der Waals surface area contributed by atoms with Gasteiger partial charge in [0.15, 0.2) is 0 Å². The number of nitrogens with one attached hydrogen (secondary N) is 1. The summed E-state index contributed by atoms with van der Waals surface area (Å²) in [5.41, 5.74) is 0.171. The van der Waals surface area contributed by atoms with Gasteiger partial charge in [0.1, 0.15) is 11.6 Å². The van der Waals surface area contributed by atoms with Crippen molar-refractivity contribution in [1.82, 2.24) is 5.32 Å². The molecule has 0 aliphatic rings. The molecule has 0 heterocycles. The lowest BCUT2D eigenvalue weighted by Crippen LogP contribution is -2.29. The molecule has 0 aliphatic carbocycles. The largest absolute Gasteiger partial charge is 0.461 e. The molecular weight excluding hydrogens is 218 g/mol. The van der Waals surface area contributed by atoms with Crippen LogP contribution in [0.4, 0.5) is 0 Å². The Labute approximate surface area is 94.6 Å². The molecule has 4 nitrogen and oxygen atoms in total. The van der Waals surface area contributed by atoms with E-state index < -0.39 is 11.9 Å². The molecule has 0 fully saturated rings. The van der Waals surface area contributed by atoms with Crippen molar-refractivity contribution in [2.45, 2.75) is 26.7 Å². The zero-order valence-electron chi connectivity index (χ0n) is 9.01. The summed E-state index contributed by atoms with van der Waals surface area (Å²) in [5, 5.41) is 2.40. The highest BCUT2D eigenvalue weighted by Crippen LogP contribution is 1.99. The average molecular weight is 234 g/mol. The molecule has 0 unspecified atom stereocenters. The van der Waals surface area contributed by atoms with Crippen molar-refractivity contribution in [3.63, 3.8) is 0 Å². The third kappa shape index (κ3) is 6.12. The van der Waals surface area contributed by atoms with Gasteiger partial charge in [-0.1, -0.05) is 19.4 Å². The van der Waals surface area contributed by atoms with Gasteiger partial charge >= 0.3 is 5.97 Å². The Kier molecular flexibility index (Phi) is 7.72. The first-order valence-corrected chi connectivity index (χ1v) is 5.42. The van der Waals surface area contributed by atoms with Crippen molar-refractivity contribution in [3.8, 4) is 0 Å². The van der Waals surface area contributed by atoms with E-state index in [0.29, 0.717) is 6.42 Å². The highest BCUT2D eigenvalue weighted by Gasteiger charge is 2.12. The van der Waals surface area contributed by atoms with Crippen molar-refractivity contribution in [2.75, 3.05) is 12.5 Å². The zero-order valence-corrected chi connectivity index (χ0v) is 9.76. The minimum absolute atomic E-state index is 0.171. The van der Waals surface area contributed by atoms with Crippen LogP contribution in [0.3, 0.4) is 0 Å². The molecule has 1 N–H and O–H groups in total. The quantitative estimate of drug-likeness (QED) is 0.431. The van der Waals surface area contributed by atoms with Crippen LogP contribution in [0.2, 0.25) is 0 Å². The number of ether oxygens (including phenoxy) is 1. The maximum Gasteiger partial charge on any atom is 0.354 e. The summed E-state index contributed by atoms with van der Waals surface area (Å²) in [7, 11) is 0. The van der Waals surface area contributed by atoms with Crippen LogP contribution in [0.15, 0.2) is 11.8 Å². The molecule has 0 aromatic rings. The number of carbonyl (C=O) groups is 2. The van der Waals surface area contributed by atoms with Crippen LogP contribution in [0.5, 0.6) is 0 Å². The second kappa shape index (κ2) is 8.29. The number of alkyl halides is 1. The number of halogens is 1. The van der Waals surface area contributed by atoms with E-state index in [9.17, 15) is 9.59 Å². The van der Waals surface area contributed by atoms with E-state index in [-0.39, 0.29) is 18.2 Å². The van der Waals surface area contributed by atoms with Crippen LogP contribution in [-0.2, 0) is 14.3 Å². The average Bonchev–Trinajstić information content (AvgIpc) is 2.24. The van der Waals surface area contributed by atoms with E-state index in [1.165, 1.54) is 0 Å². The van der Waals surface area contributed by atoms with Crippen molar-refractivity contribution in [1.29, 1.82) is 0 Å². The fraction of sp³-hybridized carbons (Fsp3) is 0.600. The topological polar surface area (TPSA) is 55.4 Å². The molecule has 0 saturated heterocycles. The predicted molar refractivity (Wildman–Crippen MR) is 58.5 cm³/mol. The van der Waals surface area contributed by atoms with Crippen molar-refractivity contribution in [3.05, 3.63) is 11.8 Å². The molecular formula is C10H16ClNO3. The number of allylic oxidation sites excluding steroid dienone is 1. The second-order valence-electron chi connectivity index (χ2n) is 2.81. The van der Waals surface area contributed by atoms with Crippen LogP contribution in [0.1, 0.15) is 26.7 Å². The third-order valence-corrected chi connectivity index (χ3v) is 1.77. The standard InChI is InChI=1S/C10H16ClNO3/c1-3-5-6-8(10(14)15-4-2)12-9(13)7-11/h6H,3-5,7H2,1-2H3,(H,12,13)/b8-6-. The molecule has 86 valence electrons. The number of hydrogen-bond donors (Lipinski definition) is 1. The molecule has 0 rings (SSSR count). The SMILES string of the molecule is CCC/C=C(\NC(=O)CCl)C(=O)OCC. The molecule has 0 spiro atoms. The van der Waals surface area contributed by atoms with Crippen LogP contribution < -0.4 is 5.32 Å². The summed E-state index contributed by atoms with van der Waals surface area (Å²) in [5.74, 6) is -1.11. The fourth-order valence-corrected chi connectivity index (χ4v) is 0.933. The van der Waals surface area contributed by atoms with Gasteiger partial charge in [0.25, 0.3) is 0 Å². The van der Waals surface area contributed by atoms with E-state index in [1.54, 1.807) is 13.0 Å². The van der Waals surface area contributed by atoms with Gasteiger partial charge < -0.3 is 10.1 Å². The summed E-state index contributed by atoms with van der Waals surface area (Å²) in [6, 6.07) is 0. The first-order chi connectivity index (χ1) is 7.15. The Bertz CT molecular complexity index is 251. The highest BCUT2D eigenvalue weighted by atomic mass is 35.5. The van der Waals surface area contributed by atoms with E-state index in [1.807, 2.05) is 6.92 Å². The van der Waals surface area contributed by atoms with E-state index >= 15 is 0 Å². The van der Waals surface area contributed by atoms with Gasteiger partial charge in [-0.25, -0.2) is 4.79 Å². The summed E-state index contributed by atoms with van der Waals surface area (Å²) >= 11 is 5.32. The fourth-order valence-electron chi connectivity index (χ4n) is 0.867. The maximum absolute atomic E-state index is 11.4. The normalized spacial score (nSPS) is 11.0. The first kappa shape index (κ1) is 14.0. The molecule has 0 bridgehead atoms. The number of unbranched alkanes of at least 4 members (excludes halogenated alkanes) is 1. The Balaban J connectivity index is 4.43. The maximum atomic E-state index is 11.4. The number of amides is 1. The lowest BCUT2D eigenvalue weighted by molar-refractivity contribution is -0.140. The van der Waals surface area contributed by atoms with Crippen molar-refractivity contribution < 1.29 is 14.3 Å². The van der Waals surface area contributed by atoms with Gasteiger partial charge in [-0.05, 0) is 13.3 Å². The molecule has 5 heteroatoms. The first-order valence-electron chi connectivity index (χ1n) is 4.88. The molecule has 15 heavy (non-hydrogen) atoms. The molecule has 0 aromatic carbocycles. The second-order valence-corrected chi connectivity index (χ2v) is 3.08. The van der Waals surface area contributed by atoms with E-state index in [4.69, 9.17) is 16.3 Å². The van der Waals surface area contributed by atoms with Crippen LogP contribution in [0.25, 0.3) is 0 Å². The Morgan fingerprint density at radius 2 is 2.07 bits per heavy atom. The third-order valence-electron chi connectivity index (χ3n) is 1.53. The molecule has 0 aromatic heterocycles. The molecule has 0 atom stereocenters. The smallest absolute Gasteiger partial charge is 0.354 e. The number of carbonyl (C=O) groups excluding carboxylic acids is 2. The summed E-state index contributed by atoms with van der Waals surface area (Å²) in [6.45, 7) is 3.96. The van der Waals surface area contributed by atoms with Gasteiger partial charge in [0.2, 0.25) is 5.91 Å². The van der Waals surface area contributed by atoms with Crippen molar-refractivity contribution >= 4 is 23.5 Å². The van der Waals surface area contributed by atoms with E-state index in [0.717, 1.165) is 6.42 Å². The highest BCUT2D eigenvalue weighted by molar-refractivity contribution is 6.27. The molecule has 0 saturated carbocycles. The predicted octanol–water partition coefficient (Wildman–Crippen LogP) is 1.59. The molecule has 0 radical (unpaired) electrons. The van der Waals surface area contributed by atoms with E-state index in [2.05, 4.69) is 5.32 Å². The van der Waals surface area contributed by atoms with Crippen LogP contribution in [0, 0.1) is 0 Å². The number of hydrogen-bond acceptors (Lipinski definition) is 3.